The summed E-state index contributed by atoms with van der Waals surface area (Å²) in [5.41, 5.74) is 9.64. The van der Waals surface area contributed by atoms with Crippen LogP contribution < -0.4 is 15.8 Å². The number of ether oxygens (including phenoxy) is 1. The van der Waals surface area contributed by atoms with Crippen LogP contribution in [-0.2, 0) is 0 Å². The molecule has 4 aromatic rings. The molecule has 0 unspecified atom stereocenters. The number of piperidine rings is 1. The number of imidazole rings is 1. The van der Waals surface area contributed by atoms with E-state index >= 15 is 8.78 Å². The van der Waals surface area contributed by atoms with Gasteiger partial charge in [0.05, 0.1) is 11.9 Å². The average molecular weight is 613 g/mol. The van der Waals surface area contributed by atoms with E-state index in [0.29, 0.717) is 48.3 Å². The molecule has 3 N–H and O–H groups in total. The highest BCUT2D eigenvalue weighted by Gasteiger charge is 2.24. The number of nitrogens with zero attached hydrogens (tertiary/aromatic N) is 4. The number of carbonyl (C=O) groups excluding carboxylic acids is 1. The van der Waals surface area contributed by atoms with Gasteiger partial charge in [-0.25, -0.2) is 14.4 Å². The average Bonchev–Trinajstić information content (AvgIpc) is 3.49. The first-order valence-corrected chi connectivity index (χ1v) is 15.1. The Morgan fingerprint density at radius 3 is 2.62 bits per heavy atom. The van der Waals surface area contributed by atoms with E-state index in [2.05, 4.69) is 15.3 Å². The quantitative estimate of drug-likeness (QED) is 0.187. The van der Waals surface area contributed by atoms with Crippen LogP contribution in [0.5, 0.6) is 5.75 Å². The highest BCUT2D eigenvalue weighted by atomic mass is 19.2. The second-order valence-electron chi connectivity index (χ2n) is 11.0. The molecular formula is C35H38F2N6O2. The van der Waals surface area contributed by atoms with E-state index in [0.717, 1.165) is 29.7 Å². The molecule has 1 fully saturated rings. The van der Waals surface area contributed by atoms with Crippen molar-refractivity contribution < 1.29 is 18.3 Å². The number of amides is 1. The topological polar surface area (TPSA) is 97.8 Å². The van der Waals surface area contributed by atoms with Gasteiger partial charge in [0.15, 0.2) is 23.0 Å². The fraction of sp³-hybridized carbons (Fsp3) is 0.286. The number of carbonyl (C=O) groups is 1. The fourth-order valence-electron chi connectivity index (χ4n) is 5.45. The summed E-state index contributed by atoms with van der Waals surface area (Å²) in [5.74, 6) is -1.37. The Morgan fingerprint density at radius 1 is 1.11 bits per heavy atom. The molecule has 0 spiro atoms. The molecule has 10 heteroatoms. The van der Waals surface area contributed by atoms with Crippen molar-refractivity contribution in [3.05, 3.63) is 108 Å². The SMILES string of the molecule is C\C=C/C=C(\C=C/C)COc1ccc(-c2cnc3c(Nc4ccc(C(=O)N5CCC(CN)CC5)c(C)c4)nccn23)c(F)c1F. The maximum absolute atomic E-state index is 15.4. The molecule has 8 nitrogen and oxygen atoms in total. The molecule has 45 heavy (non-hydrogen) atoms. The van der Waals surface area contributed by atoms with Crippen LogP contribution in [-0.4, -0.2) is 51.4 Å². The predicted octanol–water partition coefficient (Wildman–Crippen LogP) is 6.99. The molecule has 1 aliphatic heterocycles. The van der Waals surface area contributed by atoms with Crippen molar-refractivity contribution in [3.63, 3.8) is 0 Å². The van der Waals surface area contributed by atoms with Crippen LogP contribution in [0.15, 0.2) is 84.9 Å². The highest BCUT2D eigenvalue weighted by molar-refractivity contribution is 5.96. The van der Waals surface area contributed by atoms with Gasteiger partial charge in [-0.05, 0) is 87.5 Å². The number of fused-ring (bicyclic) bond motifs is 1. The number of nitrogens with one attached hydrogen (secondary N) is 1. The molecule has 0 saturated carbocycles. The molecule has 2 aromatic carbocycles. The van der Waals surface area contributed by atoms with Crippen LogP contribution in [0, 0.1) is 24.5 Å². The standard InChI is InChI=1S/C35H38F2N6O2/c1-4-6-8-25(7-5-2)22-45-30-12-11-28(31(36)32(30)37)29-21-40-34-33(39-15-18-43(29)34)41-26-9-10-27(23(3)19-26)35(44)42-16-13-24(20-38)14-17-42/h4-12,15,18-19,21,24H,13-14,16-17,20,22,38H2,1-3H3,(H,39,41)/b6-4-,7-5-,25-8+. The molecule has 5 rings (SSSR count). The normalized spacial score (nSPS) is 14.6. The van der Waals surface area contributed by atoms with E-state index in [-0.39, 0.29) is 23.8 Å². The number of aromatic nitrogens is 3. The number of hydrogen-bond acceptors (Lipinski definition) is 6. The van der Waals surface area contributed by atoms with Gasteiger partial charge in [0.1, 0.15) is 6.61 Å². The lowest BCUT2D eigenvalue weighted by Crippen LogP contribution is -2.40. The van der Waals surface area contributed by atoms with Gasteiger partial charge in [-0.2, -0.15) is 4.39 Å². The molecule has 0 atom stereocenters. The van der Waals surface area contributed by atoms with Crippen LogP contribution in [0.3, 0.4) is 0 Å². The van der Waals surface area contributed by atoms with E-state index in [1.807, 2.05) is 74.3 Å². The molecule has 3 heterocycles. The Morgan fingerprint density at radius 2 is 1.91 bits per heavy atom. The third kappa shape index (κ3) is 6.96. The lowest BCUT2D eigenvalue weighted by molar-refractivity contribution is 0.0692. The Bertz CT molecular complexity index is 1770. The minimum absolute atomic E-state index is 0.0154. The van der Waals surface area contributed by atoms with Crippen LogP contribution in [0.25, 0.3) is 16.9 Å². The van der Waals surface area contributed by atoms with Gasteiger partial charge in [0.2, 0.25) is 5.82 Å². The Hall–Kier alpha value is -4.83. The van der Waals surface area contributed by atoms with Crippen molar-refractivity contribution in [1.82, 2.24) is 19.3 Å². The van der Waals surface area contributed by atoms with E-state index in [1.165, 1.54) is 18.3 Å². The Kier molecular flexibility index (Phi) is 10.0. The van der Waals surface area contributed by atoms with Crippen molar-refractivity contribution in [1.29, 1.82) is 0 Å². The van der Waals surface area contributed by atoms with Crippen LogP contribution in [0.4, 0.5) is 20.3 Å². The van der Waals surface area contributed by atoms with Crippen molar-refractivity contribution in [2.24, 2.45) is 11.7 Å². The Balaban J connectivity index is 1.34. The second-order valence-corrected chi connectivity index (χ2v) is 11.0. The fourth-order valence-corrected chi connectivity index (χ4v) is 5.45. The smallest absolute Gasteiger partial charge is 0.254 e. The molecular weight excluding hydrogens is 574 g/mol. The van der Waals surface area contributed by atoms with Gasteiger partial charge in [-0.1, -0.05) is 30.4 Å². The molecule has 1 saturated heterocycles. The summed E-state index contributed by atoms with van der Waals surface area (Å²) in [4.78, 5) is 24.0. The number of nitrogens with two attached hydrogens (primary N) is 1. The highest BCUT2D eigenvalue weighted by Crippen LogP contribution is 2.32. The van der Waals surface area contributed by atoms with Gasteiger partial charge in [-0.15, -0.1) is 0 Å². The number of rotatable bonds is 10. The summed E-state index contributed by atoms with van der Waals surface area (Å²) in [6.45, 7) is 7.82. The van der Waals surface area contributed by atoms with E-state index in [4.69, 9.17) is 10.5 Å². The van der Waals surface area contributed by atoms with Gasteiger partial charge in [0.25, 0.3) is 5.91 Å². The zero-order valence-electron chi connectivity index (χ0n) is 25.8. The molecule has 0 bridgehead atoms. The number of likely N-dealkylation sites (tertiary alicyclic amines) is 1. The maximum atomic E-state index is 15.4. The van der Waals surface area contributed by atoms with Crippen LogP contribution in [0.1, 0.15) is 42.6 Å². The third-order valence-corrected chi connectivity index (χ3v) is 7.98. The van der Waals surface area contributed by atoms with Crippen LogP contribution >= 0.6 is 0 Å². The summed E-state index contributed by atoms with van der Waals surface area (Å²) < 4.78 is 37.8. The second kappa shape index (κ2) is 14.3. The number of hydrogen-bond donors (Lipinski definition) is 2. The first kappa shape index (κ1) is 31.6. The van der Waals surface area contributed by atoms with Gasteiger partial charge >= 0.3 is 0 Å². The predicted molar refractivity (Wildman–Crippen MR) is 174 cm³/mol. The zero-order chi connectivity index (χ0) is 31.9. The van der Waals surface area contributed by atoms with E-state index in [9.17, 15) is 4.79 Å². The lowest BCUT2D eigenvalue weighted by Gasteiger charge is -2.31. The summed E-state index contributed by atoms with van der Waals surface area (Å²) in [7, 11) is 0. The largest absolute Gasteiger partial charge is 0.486 e. The monoisotopic (exact) mass is 612 g/mol. The van der Waals surface area contributed by atoms with E-state index in [1.54, 1.807) is 16.8 Å². The number of aryl methyl sites for hydroxylation is 1. The summed E-state index contributed by atoms with van der Waals surface area (Å²) in [5, 5.41) is 3.26. The van der Waals surface area contributed by atoms with Crippen molar-refractivity contribution in [2.45, 2.75) is 33.6 Å². The minimum atomic E-state index is -1.07. The van der Waals surface area contributed by atoms with Gasteiger partial charge in [-0.3, -0.25) is 9.20 Å². The molecule has 234 valence electrons. The Labute approximate surface area is 261 Å². The number of halogens is 2. The molecule has 1 aliphatic rings. The number of anilines is 2. The maximum Gasteiger partial charge on any atom is 0.254 e. The van der Waals surface area contributed by atoms with Gasteiger partial charge in [0, 0.05) is 42.3 Å². The number of allylic oxidation sites excluding steroid dienone is 4. The summed E-state index contributed by atoms with van der Waals surface area (Å²) in [6.07, 6.45) is 15.8. The first-order valence-electron chi connectivity index (χ1n) is 15.1. The van der Waals surface area contributed by atoms with E-state index < -0.39 is 11.6 Å². The lowest BCUT2D eigenvalue weighted by atomic mass is 9.96. The van der Waals surface area contributed by atoms with Gasteiger partial charge < -0.3 is 20.7 Å². The third-order valence-electron chi connectivity index (χ3n) is 7.98. The summed E-state index contributed by atoms with van der Waals surface area (Å²) in [6, 6.07) is 8.42. The molecule has 2 aromatic heterocycles. The first-order chi connectivity index (χ1) is 21.8. The molecule has 0 radical (unpaired) electrons. The minimum Gasteiger partial charge on any atom is -0.486 e. The van der Waals surface area contributed by atoms with Crippen molar-refractivity contribution in [3.8, 4) is 17.0 Å². The summed E-state index contributed by atoms with van der Waals surface area (Å²) >= 11 is 0. The molecule has 0 aliphatic carbocycles. The zero-order valence-corrected chi connectivity index (χ0v) is 25.8. The van der Waals surface area contributed by atoms with Crippen LogP contribution in [0.2, 0.25) is 0 Å². The van der Waals surface area contributed by atoms with Crippen molar-refractivity contribution >= 4 is 23.1 Å². The number of benzene rings is 2. The molecule has 1 amide bonds. The van der Waals surface area contributed by atoms with Crippen molar-refractivity contribution in [2.75, 3.05) is 31.6 Å².